The first-order chi connectivity index (χ1) is 13.2. The summed E-state index contributed by atoms with van der Waals surface area (Å²) in [7, 11) is 0. The Balaban J connectivity index is 1.21. The maximum absolute atomic E-state index is 11.4. The molecule has 2 unspecified atom stereocenters. The number of hydrogen-bond acceptors (Lipinski definition) is 3. The van der Waals surface area contributed by atoms with Crippen molar-refractivity contribution in [3.63, 3.8) is 0 Å². The van der Waals surface area contributed by atoms with Gasteiger partial charge in [-0.05, 0) is 62.0 Å². The van der Waals surface area contributed by atoms with Crippen molar-refractivity contribution < 1.29 is 9.90 Å². The summed E-state index contributed by atoms with van der Waals surface area (Å²) < 4.78 is 0. The number of carboxylic acid groups (broad SMARTS) is 1. The highest BCUT2D eigenvalue weighted by molar-refractivity contribution is 5.89. The fourth-order valence-electron chi connectivity index (χ4n) is 4.26. The molecule has 1 saturated carbocycles. The van der Waals surface area contributed by atoms with Gasteiger partial charge in [-0.1, -0.05) is 48.5 Å². The molecule has 27 heavy (non-hydrogen) atoms. The maximum atomic E-state index is 11.4. The highest BCUT2D eigenvalue weighted by Gasteiger charge is 2.38. The van der Waals surface area contributed by atoms with Crippen LogP contribution in [0.5, 0.6) is 0 Å². The van der Waals surface area contributed by atoms with E-state index in [9.17, 15) is 9.90 Å². The first-order valence-electron chi connectivity index (χ1n) is 10.0. The molecule has 0 spiro atoms. The number of carbonyl (C=O) groups is 1. The molecule has 2 atom stereocenters. The van der Waals surface area contributed by atoms with Crippen LogP contribution in [-0.2, 0) is 6.54 Å². The highest BCUT2D eigenvalue weighted by atomic mass is 16.4. The Hall–Kier alpha value is -2.17. The topological polar surface area (TPSA) is 52.6 Å². The average molecular weight is 364 g/mol. The molecule has 1 heterocycles. The summed E-state index contributed by atoms with van der Waals surface area (Å²) in [6, 6.07) is 18.8. The van der Waals surface area contributed by atoms with Gasteiger partial charge in [0, 0.05) is 18.5 Å². The zero-order valence-corrected chi connectivity index (χ0v) is 15.7. The number of aromatic carboxylic acids is 1. The van der Waals surface area contributed by atoms with E-state index in [0.717, 1.165) is 37.7 Å². The second kappa shape index (κ2) is 8.24. The standard InChI is InChI=1S/C23H28N2O2/c26-23(27)20-9-5-4-8-19(20)16-25-12-10-17(11-13-25)15-24-22-14-21(22)18-6-2-1-3-7-18/h1-9,17,21-22,24H,10-16H2,(H,26,27). The minimum Gasteiger partial charge on any atom is -0.478 e. The number of benzene rings is 2. The molecule has 2 aliphatic rings. The van der Waals surface area contributed by atoms with Crippen molar-refractivity contribution in [3.8, 4) is 0 Å². The zero-order valence-electron chi connectivity index (χ0n) is 15.7. The summed E-state index contributed by atoms with van der Waals surface area (Å²) in [5.74, 6) is 0.592. The molecule has 1 aliphatic heterocycles. The van der Waals surface area contributed by atoms with E-state index < -0.39 is 5.97 Å². The molecule has 1 aliphatic carbocycles. The van der Waals surface area contributed by atoms with Crippen LogP contribution < -0.4 is 5.32 Å². The Bertz CT molecular complexity index is 769. The summed E-state index contributed by atoms with van der Waals surface area (Å²) in [5, 5.41) is 13.1. The second-order valence-electron chi connectivity index (χ2n) is 7.95. The molecule has 2 N–H and O–H groups in total. The van der Waals surface area contributed by atoms with Gasteiger partial charge >= 0.3 is 5.97 Å². The molecule has 0 aromatic heterocycles. The number of piperidine rings is 1. The van der Waals surface area contributed by atoms with Crippen LogP contribution in [-0.4, -0.2) is 41.7 Å². The lowest BCUT2D eigenvalue weighted by Gasteiger charge is -2.32. The van der Waals surface area contributed by atoms with E-state index in [1.165, 1.54) is 24.8 Å². The Labute approximate surface area is 161 Å². The zero-order chi connectivity index (χ0) is 18.6. The molecule has 0 amide bonds. The van der Waals surface area contributed by atoms with Crippen molar-refractivity contribution in [2.75, 3.05) is 19.6 Å². The Morgan fingerprint density at radius 2 is 1.74 bits per heavy atom. The van der Waals surface area contributed by atoms with Gasteiger partial charge in [-0.25, -0.2) is 4.79 Å². The third-order valence-corrected chi connectivity index (χ3v) is 6.04. The fraction of sp³-hybridized carbons (Fsp3) is 0.435. The van der Waals surface area contributed by atoms with Gasteiger partial charge in [-0.3, -0.25) is 4.90 Å². The predicted octanol–water partition coefficient (Wildman–Crippen LogP) is 3.74. The van der Waals surface area contributed by atoms with Gasteiger partial charge in [0.05, 0.1) is 5.56 Å². The smallest absolute Gasteiger partial charge is 0.336 e. The summed E-state index contributed by atoms with van der Waals surface area (Å²) >= 11 is 0. The Morgan fingerprint density at radius 1 is 1.04 bits per heavy atom. The van der Waals surface area contributed by atoms with Gasteiger partial charge in [0.25, 0.3) is 0 Å². The molecular weight excluding hydrogens is 336 g/mol. The Morgan fingerprint density at radius 3 is 2.48 bits per heavy atom. The van der Waals surface area contributed by atoms with Gasteiger partial charge in [-0.2, -0.15) is 0 Å². The van der Waals surface area contributed by atoms with Crippen molar-refractivity contribution in [3.05, 3.63) is 71.3 Å². The van der Waals surface area contributed by atoms with Gasteiger partial charge in [0.2, 0.25) is 0 Å². The Kier molecular flexibility index (Phi) is 5.55. The molecule has 1 saturated heterocycles. The van der Waals surface area contributed by atoms with Crippen LogP contribution in [0.25, 0.3) is 0 Å². The lowest BCUT2D eigenvalue weighted by atomic mass is 9.96. The van der Waals surface area contributed by atoms with E-state index in [1.54, 1.807) is 12.1 Å². The third-order valence-electron chi connectivity index (χ3n) is 6.04. The number of nitrogens with one attached hydrogen (secondary N) is 1. The molecule has 2 fully saturated rings. The SMILES string of the molecule is O=C(O)c1ccccc1CN1CCC(CNC2CC2c2ccccc2)CC1. The van der Waals surface area contributed by atoms with E-state index in [-0.39, 0.29) is 0 Å². The number of nitrogens with zero attached hydrogens (tertiary/aromatic N) is 1. The molecule has 2 aromatic carbocycles. The number of likely N-dealkylation sites (tertiary alicyclic amines) is 1. The predicted molar refractivity (Wildman–Crippen MR) is 107 cm³/mol. The van der Waals surface area contributed by atoms with Crippen LogP contribution in [0.1, 0.15) is 46.7 Å². The molecule has 4 heteroatoms. The van der Waals surface area contributed by atoms with Crippen LogP contribution in [0.2, 0.25) is 0 Å². The number of carboxylic acids is 1. The first kappa shape index (κ1) is 18.2. The molecule has 0 bridgehead atoms. The molecule has 4 nitrogen and oxygen atoms in total. The molecule has 2 aromatic rings. The first-order valence-corrected chi connectivity index (χ1v) is 10.0. The minimum atomic E-state index is -0.831. The second-order valence-corrected chi connectivity index (χ2v) is 7.95. The normalized spacial score (nSPS) is 23.3. The quantitative estimate of drug-likeness (QED) is 0.786. The largest absolute Gasteiger partial charge is 0.478 e. The van der Waals surface area contributed by atoms with E-state index in [0.29, 0.717) is 17.5 Å². The van der Waals surface area contributed by atoms with Crippen LogP contribution in [0.3, 0.4) is 0 Å². The van der Waals surface area contributed by atoms with Crippen molar-refractivity contribution in [1.29, 1.82) is 0 Å². The average Bonchev–Trinajstić information content (AvgIpc) is 3.48. The van der Waals surface area contributed by atoms with E-state index >= 15 is 0 Å². The third kappa shape index (κ3) is 4.57. The van der Waals surface area contributed by atoms with Gasteiger partial charge in [0.15, 0.2) is 0 Å². The number of rotatable bonds is 7. The monoisotopic (exact) mass is 364 g/mol. The summed E-state index contributed by atoms with van der Waals surface area (Å²) in [6.45, 7) is 3.94. The fourth-order valence-corrected chi connectivity index (χ4v) is 4.26. The van der Waals surface area contributed by atoms with Crippen LogP contribution >= 0.6 is 0 Å². The molecular formula is C23H28N2O2. The lowest BCUT2D eigenvalue weighted by molar-refractivity contribution is 0.0693. The summed E-state index contributed by atoms with van der Waals surface area (Å²) in [6.07, 6.45) is 3.63. The van der Waals surface area contributed by atoms with Crippen LogP contribution in [0.4, 0.5) is 0 Å². The maximum Gasteiger partial charge on any atom is 0.336 e. The van der Waals surface area contributed by atoms with Crippen molar-refractivity contribution in [1.82, 2.24) is 10.2 Å². The minimum absolute atomic E-state index is 0.432. The molecule has 4 rings (SSSR count). The van der Waals surface area contributed by atoms with Gasteiger partial charge < -0.3 is 10.4 Å². The van der Waals surface area contributed by atoms with Crippen molar-refractivity contribution in [2.24, 2.45) is 5.92 Å². The van der Waals surface area contributed by atoms with Crippen molar-refractivity contribution >= 4 is 5.97 Å². The van der Waals surface area contributed by atoms with E-state index in [2.05, 4.69) is 40.5 Å². The van der Waals surface area contributed by atoms with Gasteiger partial charge in [-0.15, -0.1) is 0 Å². The van der Waals surface area contributed by atoms with Gasteiger partial charge in [0.1, 0.15) is 0 Å². The summed E-state index contributed by atoms with van der Waals surface area (Å²) in [5.41, 5.74) is 2.81. The van der Waals surface area contributed by atoms with E-state index in [4.69, 9.17) is 0 Å². The lowest BCUT2D eigenvalue weighted by Crippen LogP contribution is -2.37. The van der Waals surface area contributed by atoms with Crippen LogP contribution in [0.15, 0.2) is 54.6 Å². The highest BCUT2D eigenvalue weighted by Crippen LogP contribution is 2.40. The number of hydrogen-bond donors (Lipinski definition) is 2. The molecule has 0 radical (unpaired) electrons. The molecule has 142 valence electrons. The van der Waals surface area contributed by atoms with E-state index in [1.807, 2.05) is 12.1 Å². The van der Waals surface area contributed by atoms with Crippen molar-refractivity contribution in [2.45, 2.75) is 37.8 Å². The summed E-state index contributed by atoms with van der Waals surface area (Å²) in [4.78, 5) is 13.8. The van der Waals surface area contributed by atoms with Crippen LogP contribution in [0, 0.1) is 5.92 Å².